The fraction of sp³-hybridized carbons (Fsp3) is 0.500. The molecule has 0 saturated carbocycles. The molecule has 1 heterocycles. The number of carboxylic acids is 1. The van der Waals surface area contributed by atoms with Crippen molar-refractivity contribution in [3.8, 4) is 0 Å². The predicted octanol–water partition coefficient (Wildman–Crippen LogP) is 1.60. The van der Waals surface area contributed by atoms with Gasteiger partial charge in [0.1, 0.15) is 0 Å². The Bertz CT molecular complexity index is 605. The molecule has 0 radical (unpaired) electrons. The van der Waals surface area contributed by atoms with Gasteiger partial charge in [0.2, 0.25) is 5.91 Å². The van der Waals surface area contributed by atoms with Crippen LogP contribution in [0.15, 0.2) is 18.2 Å². The fourth-order valence-electron chi connectivity index (χ4n) is 3.26. The monoisotopic (exact) mass is 322 g/mol. The standard InChI is InChI=1S/C16H19ClN2O3/c17-12-3-2-11-8-14(13(11)9-12)16(22)19-5-1-4-18(6-7-19)10-15(20)21/h2-3,9,14H,1,4-8,10H2,(H,20,21). The number of rotatable bonds is 3. The minimum absolute atomic E-state index is 0.0455. The highest BCUT2D eigenvalue weighted by Gasteiger charge is 2.35. The van der Waals surface area contributed by atoms with E-state index in [0.717, 1.165) is 24.9 Å². The molecule has 3 rings (SSSR count). The molecule has 1 atom stereocenters. The van der Waals surface area contributed by atoms with E-state index >= 15 is 0 Å². The zero-order chi connectivity index (χ0) is 15.7. The van der Waals surface area contributed by atoms with Crippen molar-refractivity contribution in [1.29, 1.82) is 0 Å². The van der Waals surface area contributed by atoms with E-state index in [-0.39, 0.29) is 18.4 Å². The van der Waals surface area contributed by atoms with Crippen LogP contribution in [0.4, 0.5) is 0 Å². The molecular weight excluding hydrogens is 304 g/mol. The van der Waals surface area contributed by atoms with Crippen LogP contribution in [0.2, 0.25) is 5.02 Å². The smallest absolute Gasteiger partial charge is 0.317 e. The second-order valence-electron chi connectivity index (χ2n) is 5.95. The van der Waals surface area contributed by atoms with Crippen LogP contribution in [-0.4, -0.2) is 59.5 Å². The van der Waals surface area contributed by atoms with Gasteiger partial charge in [0.25, 0.3) is 0 Å². The number of aliphatic carboxylic acids is 1. The van der Waals surface area contributed by atoms with Gasteiger partial charge in [0.15, 0.2) is 0 Å². The highest BCUT2D eigenvalue weighted by atomic mass is 35.5. The molecule has 118 valence electrons. The van der Waals surface area contributed by atoms with Crippen LogP contribution in [0.5, 0.6) is 0 Å². The minimum atomic E-state index is -0.817. The molecule has 0 bridgehead atoms. The largest absolute Gasteiger partial charge is 0.480 e. The minimum Gasteiger partial charge on any atom is -0.480 e. The Labute approximate surface area is 134 Å². The number of hydrogen-bond donors (Lipinski definition) is 1. The Balaban J connectivity index is 1.63. The third-order valence-corrected chi connectivity index (χ3v) is 4.70. The third-order valence-electron chi connectivity index (χ3n) is 4.46. The summed E-state index contributed by atoms with van der Waals surface area (Å²) < 4.78 is 0. The van der Waals surface area contributed by atoms with Crippen molar-refractivity contribution in [1.82, 2.24) is 9.80 Å². The summed E-state index contributed by atoms with van der Waals surface area (Å²) in [5.41, 5.74) is 2.24. The van der Waals surface area contributed by atoms with Gasteiger partial charge in [0, 0.05) is 31.2 Å². The normalized spacial score (nSPS) is 21.7. The number of carboxylic acid groups (broad SMARTS) is 1. The molecule has 1 unspecified atom stereocenters. The molecule has 1 saturated heterocycles. The maximum atomic E-state index is 12.7. The summed E-state index contributed by atoms with van der Waals surface area (Å²) >= 11 is 6.01. The molecule has 5 nitrogen and oxygen atoms in total. The van der Waals surface area contributed by atoms with Crippen molar-refractivity contribution in [3.05, 3.63) is 34.3 Å². The quantitative estimate of drug-likeness (QED) is 0.918. The number of amides is 1. The summed E-state index contributed by atoms with van der Waals surface area (Å²) in [6.07, 6.45) is 1.59. The van der Waals surface area contributed by atoms with Crippen LogP contribution in [-0.2, 0) is 16.0 Å². The van der Waals surface area contributed by atoms with Gasteiger partial charge in [0.05, 0.1) is 12.5 Å². The topological polar surface area (TPSA) is 60.9 Å². The van der Waals surface area contributed by atoms with E-state index < -0.39 is 5.97 Å². The van der Waals surface area contributed by atoms with Crippen LogP contribution in [0.1, 0.15) is 23.5 Å². The second-order valence-corrected chi connectivity index (χ2v) is 6.39. The lowest BCUT2D eigenvalue weighted by Crippen LogP contribution is -2.41. The Kier molecular flexibility index (Phi) is 4.36. The molecule has 6 heteroatoms. The molecule has 1 N–H and O–H groups in total. The highest BCUT2D eigenvalue weighted by Crippen LogP contribution is 2.38. The molecule has 1 fully saturated rings. The molecule has 1 aliphatic heterocycles. The molecule has 1 aromatic rings. The molecule has 0 spiro atoms. The number of carbonyl (C=O) groups is 2. The Hall–Kier alpha value is -1.59. The summed E-state index contributed by atoms with van der Waals surface area (Å²) in [6.45, 7) is 2.68. The summed E-state index contributed by atoms with van der Waals surface area (Å²) in [6, 6.07) is 5.73. The maximum absolute atomic E-state index is 12.7. The van der Waals surface area contributed by atoms with Crippen molar-refractivity contribution < 1.29 is 14.7 Å². The summed E-state index contributed by atoms with van der Waals surface area (Å²) in [7, 11) is 0. The molecule has 0 aromatic heterocycles. The molecule has 1 aromatic carbocycles. The number of halogens is 1. The lowest BCUT2D eigenvalue weighted by molar-refractivity contribution is -0.138. The zero-order valence-electron chi connectivity index (χ0n) is 12.3. The van der Waals surface area contributed by atoms with E-state index in [9.17, 15) is 9.59 Å². The van der Waals surface area contributed by atoms with Gasteiger partial charge >= 0.3 is 5.97 Å². The lowest BCUT2D eigenvalue weighted by Gasteiger charge is -2.33. The van der Waals surface area contributed by atoms with Crippen molar-refractivity contribution in [2.45, 2.75) is 18.8 Å². The van der Waals surface area contributed by atoms with Crippen molar-refractivity contribution >= 4 is 23.5 Å². The molecule has 1 aliphatic carbocycles. The Morgan fingerprint density at radius 1 is 1.23 bits per heavy atom. The van der Waals surface area contributed by atoms with Crippen LogP contribution in [0.25, 0.3) is 0 Å². The maximum Gasteiger partial charge on any atom is 0.317 e. The second kappa shape index (κ2) is 6.26. The van der Waals surface area contributed by atoms with E-state index in [1.54, 1.807) is 0 Å². The van der Waals surface area contributed by atoms with Crippen molar-refractivity contribution in [2.24, 2.45) is 0 Å². The first kappa shape index (κ1) is 15.3. The first-order chi connectivity index (χ1) is 10.5. The van der Waals surface area contributed by atoms with E-state index in [2.05, 4.69) is 0 Å². The first-order valence-corrected chi connectivity index (χ1v) is 7.93. The number of fused-ring (bicyclic) bond motifs is 1. The number of nitrogens with zero attached hydrogens (tertiary/aromatic N) is 2. The predicted molar refractivity (Wildman–Crippen MR) is 83.2 cm³/mol. The van der Waals surface area contributed by atoms with Gasteiger partial charge in [-0.2, -0.15) is 0 Å². The first-order valence-electron chi connectivity index (χ1n) is 7.56. The van der Waals surface area contributed by atoms with Gasteiger partial charge in [-0.25, -0.2) is 0 Å². The van der Waals surface area contributed by atoms with Gasteiger partial charge in [-0.3, -0.25) is 14.5 Å². The average Bonchev–Trinajstić information content (AvgIpc) is 2.67. The number of carbonyl (C=O) groups excluding carboxylic acids is 1. The van der Waals surface area contributed by atoms with Crippen LogP contribution >= 0.6 is 11.6 Å². The molecule has 1 amide bonds. The van der Waals surface area contributed by atoms with E-state index in [0.29, 0.717) is 24.7 Å². The van der Waals surface area contributed by atoms with Gasteiger partial charge in [-0.05, 0) is 36.1 Å². The molecule has 22 heavy (non-hydrogen) atoms. The van der Waals surface area contributed by atoms with Crippen LogP contribution in [0, 0.1) is 0 Å². The molecule has 2 aliphatic rings. The van der Waals surface area contributed by atoms with Crippen molar-refractivity contribution in [3.63, 3.8) is 0 Å². The Morgan fingerprint density at radius 2 is 2.05 bits per heavy atom. The fourth-order valence-corrected chi connectivity index (χ4v) is 3.44. The van der Waals surface area contributed by atoms with Gasteiger partial charge < -0.3 is 10.0 Å². The average molecular weight is 323 g/mol. The lowest BCUT2D eigenvalue weighted by atomic mass is 9.77. The van der Waals surface area contributed by atoms with Crippen LogP contribution in [0.3, 0.4) is 0 Å². The highest BCUT2D eigenvalue weighted by molar-refractivity contribution is 6.30. The summed E-state index contributed by atoms with van der Waals surface area (Å²) in [4.78, 5) is 27.2. The number of benzene rings is 1. The van der Waals surface area contributed by atoms with E-state index in [1.807, 2.05) is 28.0 Å². The SMILES string of the molecule is O=C(O)CN1CCCN(C(=O)C2Cc3ccc(Cl)cc32)CC1. The van der Waals surface area contributed by atoms with E-state index in [1.165, 1.54) is 5.56 Å². The summed E-state index contributed by atoms with van der Waals surface area (Å²) in [5.74, 6) is -0.756. The van der Waals surface area contributed by atoms with Gasteiger partial charge in [-0.15, -0.1) is 0 Å². The van der Waals surface area contributed by atoms with Crippen LogP contribution < -0.4 is 0 Å². The molecular formula is C16H19ClN2O3. The Morgan fingerprint density at radius 3 is 2.82 bits per heavy atom. The zero-order valence-corrected chi connectivity index (χ0v) is 13.1. The van der Waals surface area contributed by atoms with Crippen molar-refractivity contribution in [2.75, 3.05) is 32.7 Å². The van der Waals surface area contributed by atoms with E-state index in [4.69, 9.17) is 16.7 Å². The van der Waals surface area contributed by atoms with Gasteiger partial charge in [-0.1, -0.05) is 17.7 Å². The number of hydrogen-bond acceptors (Lipinski definition) is 3. The summed E-state index contributed by atoms with van der Waals surface area (Å²) in [5, 5.41) is 9.54. The third kappa shape index (κ3) is 3.10.